The van der Waals surface area contributed by atoms with Crippen molar-refractivity contribution in [2.45, 2.75) is 13.0 Å². The van der Waals surface area contributed by atoms with Crippen LogP contribution in [0.5, 0.6) is 0 Å². The summed E-state index contributed by atoms with van der Waals surface area (Å²) >= 11 is 3.08. The van der Waals surface area contributed by atoms with Gasteiger partial charge in [0.15, 0.2) is 0 Å². The fourth-order valence-electron chi connectivity index (χ4n) is 1.88. The molecule has 0 aromatic heterocycles. The molecule has 0 heterocycles. The molecule has 0 saturated carbocycles. The third kappa shape index (κ3) is 3.65. The molecular weight excluding hydrogens is 323 g/mol. The molecule has 3 N–H and O–H groups in total. The minimum atomic E-state index is -0.364. The summed E-state index contributed by atoms with van der Waals surface area (Å²) in [5.41, 5.74) is 8.03. The van der Waals surface area contributed by atoms with E-state index in [0.717, 1.165) is 11.1 Å². The van der Waals surface area contributed by atoms with Crippen LogP contribution in [0.25, 0.3) is 0 Å². The van der Waals surface area contributed by atoms with Crippen LogP contribution >= 0.6 is 15.9 Å². The van der Waals surface area contributed by atoms with Crippen LogP contribution in [-0.2, 0) is 17.8 Å². The van der Waals surface area contributed by atoms with Crippen molar-refractivity contribution in [2.75, 3.05) is 5.32 Å². The lowest BCUT2D eigenvalue weighted by Gasteiger charge is -2.09. The van der Waals surface area contributed by atoms with Crippen LogP contribution in [0.1, 0.15) is 11.1 Å². The fourth-order valence-corrected chi connectivity index (χ4v) is 2.26. The first-order valence-electron chi connectivity index (χ1n) is 6.12. The van der Waals surface area contributed by atoms with Crippen LogP contribution in [0.15, 0.2) is 46.9 Å². The van der Waals surface area contributed by atoms with Crippen molar-refractivity contribution in [2.24, 2.45) is 5.73 Å². The summed E-state index contributed by atoms with van der Waals surface area (Å²) in [5.74, 6) is -0.527. The van der Waals surface area contributed by atoms with Crippen LogP contribution in [0.2, 0.25) is 0 Å². The molecule has 0 bridgehead atoms. The molecule has 0 aliphatic heterocycles. The van der Waals surface area contributed by atoms with Crippen molar-refractivity contribution in [3.8, 4) is 0 Å². The predicted octanol–water partition coefficient (Wildman–Crippen LogP) is 3.23. The number of hydrogen-bond acceptors (Lipinski definition) is 2. The van der Waals surface area contributed by atoms with Crippen LogP contribution in [0.4, 0.5) is 10.1 Å². The predicted molar refractivity (Wildman–Crippen MR) is 80.8 cm³/mol. The van der Waals surface area contributed by atoms with Gasteiger partial charge in [0, 0.05) is 12.2 Å². The van der Waals surface area contributed by atoms with E-state index in [4.69, 9.17) is 5.73 Å². The Morgan fingerprint density at radius 3 is 2.55 bits per heavy atom. The Kier molecular flexibility index (Phi) is 4.87. The summed E-state index contributed by atoms with van der Waals surface area (Å²) in [4.78, 5) is 12.0. The Labute approximate surface area is 125 Å². The van der Waals surface area contributed by atoms with Gasteiger partial charge in [-0.3, -0.25) is 4.79 Å². The highest BCUT2D eigenvalue weighted by Gasteiger charge is 2.08. The quantitative estimate of drug-likeness (QED) is 0.900. The van der Waals surface area contributed by atoms with E-state index >= 15 is 0 Å². The number of carbonyl (C=O) groups excluding carboxylic acids is 1. The number of benzene rings is 2. The van der Waals surface area contributed by atoms with Crippen LogP contribution < -0.4 is 11.1 Å². The van der Waals surface area contributed by atoms with Crippen LogP contribution in [0.3, 0.4) is 0 Å². The maximum Gasteiger partial charge on any atom is 0.228 e. The molecule has 1 amide bonds. The van der Waals surface area contributed by atoms with Crippen molar-refractivity contribution >= 4 is 27.5 Å². The van der Waals surface area contributed by atoms with Crippen LogP contribution in [-0.4, -0.2) is 5.91 Å². The molecule has 0 fully saturated rings. The van der Waals surface area contributed by atoms with E-state index < -0.39 is 0 Å². The number of rotatable bonds is 4. The molecule has 2 rings (SSSR count). The fraction of sp³-hybridized carbons (Fsp3) is 0.133. The Hall–Kier alpha value is -1.72. The first-order valence-corrected chi connectivity index (χ1v) is 6.91. The smallest absolute Gasteiger partial charge is 0.228 e. The van der Waals surface area contributed by atoms with Crippen molar-refractivity contribution in [1.29, 1.82) is 0 Å². The number of nitrogens with one attached hydrogen (secondary N) is 1. The molecule has 0 aliphatic carbocycles. The lowest BCUT2D eigenvalue weighted by atomic mass is 10.0. The molecule has 0 atom stereocenters. The molecular formula is C15H14BrFN2O. The average molecular weight is 337 g/mol. The van der Waals surface area contributed by atoms with Gasteiger partial charge in [-0.1, -0.05) is 24.3 Å². The first kappa shape index (κ1) is 14.7. The standard InChI is InChI=1S/C15H14BrFN2O/c16-13-8-12(5-6-14(13)17)19-15(20)7-10-3-1-2-4-11(10)9-18/h1-6,8H,7,9,18H2,(H,19,20). The second-order valence-electron chi connectivity index (χ2n) is 4.33. The lowest BCUT2D eigenvalue weighted by Crippen LogP contribution is -2.16. The summed E-state index contributed by atoms with van der Waals surface area (Å²) in [6.07, 6.45) is 0.238. The van der Waals surface area contributed by atoms with Gasteiger partial charge in [0.25, 0.3) is 0 Å². The highest BCUT2D eigenvalue weighted by Crippen LogP contribution is 2.20. The Morgan fingerprint density at radius 2 is 1.90 bits per heavy atom. The number of anilines is 1. The molecule has 0 unspecified atom stereocenters. The topological polar surface area (TPSA) is 55.1 Å². The second kappa shape index (κ2) is 6.63. The summed E-state index contributed by atoms with van der Waals surface area (Å²) in [6.45, 7) is 0.394. The van der Waals surface area contributed by atoms with Gasteiger partial charge in [-0.15, -0.1) is 0 Å². The molecule has 0 aliphatic rings. The van der Waals surface area contributed by atoms with E-state index in [-0.39, 0.29) is 18.1 Å². The van der Waals surface area contributed by atoms with Crippen molar-refractivity contribution in [1.82, 2.24) is 0 Å². The maximum absolute atomic E-state index is 13.1. The molecule has 3 nitrogen and oxygen atoms in total. The van der Waals surface area contributed by atoms with Crippen LogP contribution in [0, 0.1) is 5.82 Å². The average Bonchev–Trinajstić information content (AvgIpc) is 2.43. The Bertz CT molecular complexity index is 631. The van der Waals surface area contributed by atoms with Gasteiger partial charge in [-0.2, -0.15) is 0 Å². The van der Waals surface area contributed by atoms with Crippen molar-refractivity contribution in [3.63, 3.8) is 0 Å². The minimum absolute atomic E-state index is 0.163. The zero-order valence-electron chi connectivity index (χ0n) is 10.7. The molecule has 20 heavy (non-hydrogen) atoms. The second-order valence-corrected chi connectivity index (χ2v) is 5.18. The summed E-state index contributed by atoms with van der Waals surface area (Å²) in [7, 11) is 0. The third-order valence-corrected chi connectivity index (χ3v) is 3.50. The summed E-state index contributed by atoms with van der Waals surface area (Å²) < 4.78 is 13.4. The van der Waals surface area contributed by atoms with E-state index in [9.17, 15) is 9.18 Å². The lowest BCUT2D eigenvalue weighted by molar-refractivity contribution is -0.115. The third-order valence-electron chi connectivity index (χ3n) is 2.89. The number of hydrogen-bond donors (Lipinski definition) is 2. The molecule has 0 saturated heterocycles. The molecule has 5 heteroatoms. The number of nitrogens with two attached hydrogens (primary N) is 1. The first-order chi connectivity index (χ1) is 9.60. The van der Waals surface area contributed by atoms with Gasteiger partial charge in [0.05, 0.1) is 10.9 Å². The number of amides is 1. The molecule has 0 spiro atoms. The number of carbonyl (C=O) groups is 1. The minimum Gasteiger partial charge on any atom is -0.326 e. The van der Waals surface area contributed by atoms with Gasteiger partial charge < -0.3 is 11.1 Å². The molecule has 2 aromatic rings. The zero-order chi connectivity index (χ0) is 14.5. The zero-order valence-corrected chi connectivity index (χ0v) is 12.3. The molecule has 104 valence electrons. The SMILES string of the molecule is NCc1ccccc1CC(=O)Nc1ccc(F)c(Br)c1. The van der Waals surface area contributed by atoms with Gasteiger partial charge >= 0.3 is 0 Å². The van der Waals surface area contributed by atoms with E-state index in [2.05, 4.69) is 21.2 Å². The van der Waals surface area contributed by atoms with E-state index in [1.165, 1.54) is 18.2 Å². The normalized spacial score (nSPS) is 10.3. The van der Waals surface area contributed by atoms with Crippen molar-refractivity contribution < 1.29 is 9.18 Å². The number of halogens is 2. The molecule has 0 radical (unpaired) electrons. The van der Waals surface area contributed by atoms with E-state index in [1.807, 2.05) is 24.3 Å². The largest absolute Gasteiger partial charge is 0.326 e. The molecule has 2 aromatic carbocycles. The maximum atomic E-state index is 13.1. The monoisotopic (exact) mass is 336 g/mol. The summed E-state index contributed by atoms with van der Waals surface area (Å²) in [6, 6.07) is 11.9. The van der Waals surface area contributed by atoms with Gasteiger partial charge in [-0.05, 0) is 45.3 Å². The highest BCUT2D eigenvalue weighted by atomic mass is 79.9. The van der Waals surface area contributed by atoms with E-state index in [1.54, 1.807) is 0 Å². The van der Waals surface area contributed by atoms with Gasteiger partial charge in [-0.25, -0.2) is 4.39 Å². The van der Waals surface area contributed by atoms with E-state index in [0.29, 0.717) is 16.7 Å². The van der Waals surface area contributed by atoms with Gasteiger partial charge in [0.1, 0.15) is 5.82 Å². The summed E-state index contributed by atoms with van der Waals surface area (Å²) in [5, 5.41) is 2.73. The Balaban J connectivity index is 2.07. The Morgan fingerprint density at radius 1 is 1.20 bits per heavy atom. The van der Waals surface area contributed by atoms with Crippen molar-refractivity contribution in [3.05, 3.63) is 63.9 Å². The highest BCUT2D eigenvalue weighted by molar-refractivity contribution is 9.10. The van der Waals surface area contributed by atoms with Gasteiger partial charge in [0.2, 0.25) is 5.91 Å².